The molecule has 0 aliphatic carbocycles. The van der Waals surface area contributed by atoms with E-state index in [1.807, 2.05) is 0 Å². The normalized spacial score (nSPS) is 38.2. The highest BCUT2D eigenvalue weighted by Gasteiger charge is 2.38. The lowest BCUT2D eigenvalue weighted by Crippen LogP contribution is -3.00. The third kappa shape index (κ3) is 5.92. The van der Waals surface area contributed by atoms with Crippen LogP contribution < -0.4 is 34.0 Å². The van der Waals surface area contributed by atoms with E-state index in [1.54, 1.807) is 0 Å². The Labute approximate surface area is 172 Å². The second kappa shape index (κ2) is 11.5. The number of hydrogen-bond donors (Lipinski definition) is 0. The summed E-state index contributed by atoms with van der Waals surface area (Å²) >= 11 is 0. The van der Waals surface area contributed by atoms with Crippen molar-refractivity contribution in [2.24, 2.45) is 0 Å². The molecule has 3 heterocycles. The molecule has 3 aliphatic rings. The summed E-state index contributed by atoms with van der Waals surface area (Å²) in [5, 5.41) is 0. The highest BCUT2D eigenvalue weighted by molar-refractivity contribution is 4.67. The smallest absolute Gasteiger partial charge is 0.135 e. The van der Waals surface area contributed by atoms with E-state index in [-0.39, 0.29) is 48.8 Å². The van der Waals surface area contributed by atoms with Crippen molar-refractivity contribution in [3.05, 3.63) is 0 Å². The maximum atomic E-state index is 2.77. The molecule has 24 heavy (non-hydrogen) atoms. The second-order valence-corrected chi connectivity index (χ2v) is 7.44. The number of quaternary nitrogens is 2. The van der Waals surface area contributed by atoms with Crippen LogP contribution in [0, 0.1) is 0 Å². The highest BCUT2D eigenvalue weighted by atomic mass is 79.9. The van der Waals surface area contributed by atoms with Crippen LogP contribution >= 0.6 is 0 Å². The van der Waals surface area contributed by atoms with Gasteiger partial charge in [-0.2, -0.15) is 0 Å². The molecule has 4 nitrogen and oxygen atoms in total. The minimum atomic E-state index is 0. The van der Waals surface area contributed by atoms with Crippen LogP contribution in [0.2, 0.25) is 0 Å². The Hall–Kier alpha value is 0.800. The van der Waals surface area contributed by atoms with Crippen molar-refractivity contribution in [1.29, 1.82) is 0 Å². The summed E-state index contributed by atoms with van der Waals surface area (Å²) in [6, 6.07) is 0. The SMILES string of the molecule is C.C.CC[N+]12CCCN(CC[N+]3(CC)CCCN(CC1)C3)C2.[Br-].[Br-]. The quantitative estimate of drug-likeness (QED) is 0.380. The monoisotopic (exact) mass is 472 g/mol. The lowest BCUT2D eigenvalue weighted by atomic mass is 10.1. The van der Waals surface area contributed by atoms with Crippen LogP contribution in [0.4, 0.5) is 0 Å². The molecule has 3 aliphatic heterocycles. The van der Waals surface area contributed by atoms with Crippen molar-refractivity contribution in [3.8, 4) is 0 Å². The standard InChI is InChI=1S/C16H34N4.2CH4.2BrH/c1-3-19-11-5-7-17(15-19)10-14-20(4-2)12-6-8-18(16-20)9-13-19;;;;/h3-16H2,1-2H3;2*1H4;2*1H/q+2;;;;/p-2. The van der Waals surface area contributed by atoms with Crippen molar-refractivity contribution in [1.82, 2.24) is 9.80 Å². The van der Waals surface area contributed by atoms with Gasteiger partial charge in [0.1, 0.15) is 13.3 Å². The highest BCUT2D eigenvalue weighted by Crippen LogP contribution is 2.22. The van der Waals surface area contributed by atoms with Crippen molar-refractivity contribution >= 4 is 0 Å². The lowest BCUT2D eigenvalue weighted by Gasteiger charge is -2.51. The van der Waals surface area contributed by atoms with Crippen LogP contribution in [0.15, 0.2) is 0 Å². The van der Waals surface area contributed by atoms with Crippen LogP contribution in [0.3, 0.4) is 0 Å². The number of hydrogen-bond acceptors (Lipinski definition) is 2. The van der Waals surface area contributed by atoms with E-state index in [4.69, 9.17) is 0 Å². The molecule has 0 aromatic carbocycles. The Kier molecular flexibility index (Phi) is 12.9. The van der Waals surface area contributed by atoms with Gasteiger partial charge >= 0.3 is 0 Å². The zero-order chi connectivity index (χ0) is 14.1. The zero-order valence-corrected chi connectivity index (χ0v) is 17.6. The maximum absolute atomic E-state index is 2.77. The van der Waals surface area contributed by atoms with Gasteiger partial charge in [0, 0.05) is 25.9 Å². The molecule has 3 fully saturated rings. The van der Waals surface area contributed by atoms with Crippen LogP contribution in [0.5, 0.6) is 0 Å². The maximum Gasteiger partial charge on any atom is 0.135 e. The van der Waals surface area contributed by atoms with Gasteiger partial charge in [0.15, 0.2) is 0 Å². The number of fused-ring (bicyclic) bond motifs is 4. The Morgan fingerprint density at radius 3 is 1.33 bits per heavy atom. The Morgan fingerprint density at radius 1 is 0.625 bits per heavy atom. The molecule has 4 bridgehead atoms. The first-order valence-electron chi connectivity index (χ1n) is 8.84. The summed E-state index contributed by atoms with van der Waals surface area (Å²) in [5.74, 6) is 0. The fourth-order valence-corrected chi connectivity index (χ4v) is 4.66. The number of halogens is 2. The van der Waals surface area contributed by atoms with Gasteiger partial charge in [-0.15, -0.1) is 0 Å². The zero-order valence-electron chi connectivity index (χ0n) is 14.4. The van der Waals surface area contributed by atoms with E-state index in [1.165, 1.54) is 101 Å². The molecule has 0 amide bonds. The first-order chi connectivity index (χ1) is 9.69. The molecule has 6 heteroatoms. The second-order valence-electron chi connectivity index (χ2n) is 7.44. The van der Waals surface area contributed by atoms with E-state index in [9.17, 15) is 0 Å². The molecular formula is C18H42Br2N4. The van der Waals surface area contributed by atoms with Crippen LogP contribution in [0.25, 0.3) is 0 Å². The van der Waals surface area contributed by atoms with Crippen molar-refractivity contribution < 1.29 is 42.9 Å². The molecule has 0 N–H and O–H groups in total. The largest absolute Gasteiger partial charge is 1.00 e. The van der Waals surface area contributed by atoms with Gasteiger partial charge < -0.3 is 42.9 Å². The van der Waals surface area contributed by atoms with Gasteiger partial charge in [0.2, 0.25) is 0 Å². The summed E-state index contributed by atoms with van der Waals surface area (Å²) in [5.41, 5.74) is 0. The predicted octanol–water partition coefficient (Wildman–Crippen LogP) is -3.72. The molecule has 0 aromatic heterocycles. The van der Waals surface area contributed by atoms with Gasteiger partial charge in [-0.05, 0) is 13.8 Å². The molecule has 0 saturated carbocycles. The molecule has 3 saturated heterocycles. The molecule has 3 rings (SSSR count). The van der Waals surface area contributed by atoms with Crippen LogP contribution in [-0.4, -0.2) is 97.6 Å². The summed E-state index contributed by atoms with van der Waals surface area (Å²) in [6.45, 7) is 21.0. The van der Waals surface area contributed by atoms with Gasteiger partial charge in [-0.3, -0.25) is 9.80 Å². The minimum Gasteiger partial charge on any atom is -1.00 e. The van der Waals surface area contributed by atoms with E-state index in [0.717, 1.165) is 0 Å². The van der Waals surface area contributed by atoms with Gasteiger partial charge in [0.25, 0.3) is 0 Å². The molecule has 4 unspecified atom stereocenters. The molecule has 4 atom stereocenters. The topological polar surface area (TPSA) is 6.48 Å². The molecule has 0 spiro atoms. The third-order valence-corrected chi connectivity index (χ3v) is 6.34. The first kappa shape index (κ1) is 27.0. The minimum absolute atomic E-state index is 0. The molecule has 0 aromatic rings. The van der Waals surface area contributed by atoms with Crippen molar-refractivity contribution in [2.75, 3.05) is 78.8 Å². The Bertz CT molecular complexity index is 313. The van der Waals surface area contributed by atoms with Crippen LogP contribution in [0.1, 0.15) is 41.5 Å². The predicted molar refractivity (Wildman–Crippen MR) is 96.6 cm³/mol. The lowest BCUT2D eigenvalue weighted by molar-refractivity contribution is -0.957. The summed E-state index contributed by atoms with van der Waals surface area (Å²) in [6.07, 6.45) is 2.81. The first-order valence-corrected chi connectivity index (χ1v) is 8.84. The fourth-order valence-electron chi connectivity index (χ4n) is 4.66. The third-order valence-electron chi connectivity index (χ3n) is 6.34. The van der Waals surface area contributed by atoms with Gasteiger partial charge in [-0.1, -0.05) is 14.9 Å². The fraction of sp³-hybridized carbons (Fsp3) is 1.00. The Balaban J connectivity index is 0. The summed E-state index contributed by atoms with van der Waals surface area (Å²) in [7, 11) is 0. The van der Waals surface area contributed by atoms with E-state index in [0.29, 0.717) is 0 Å². The number of nitrogens with zero attached hydrogens (tertiary/aromatic N) is 4. The van der Waals surface area contributed by atoms with E-state index >= 15 is 0 Å². The van der Waals surface area contributed by atoms with Gasteiger partial charge in [-0.25, -0.2) is 0 Å². The molecule has 0 radical (unpaired) electrons. The van der Waals surface area contributed by atoms with Crippen LogP contribution in [-0.2, 0) is 0 Å². The summed E-state index contributed by atoms with van der Waals surface area (Å²) < 4.78 is 2.70. The number of likely N-dealkylation sites (N-methyl/N-ethyl adjacent to an activating group) is 2. The van der Waals surface area contributed by atoms with Crippen molar-refractivity contribution in [2.45, 2.75) is 41.5 Å². The molecular weight excluding hydrogens is 432 g/mol. The average molecular weight is 474 g/mol. The summed E-state index contributed by atoms with van der Waals surface area (Å²) in [4.78, 5) is 5.54. The number of rotatable bonds is 2. The Morgan fingerprint density at radius 2 is 1.00 bits per heavy atom. The van der Waals surface area contributed by atoms with Crippen molar-refractivity contribution in [3.63, 3.8) is 0 Å². The molecule has 148 valence electrons. The van der Waals surface area contributed by atoms with Gasteiger partial charge in [0.05, 0.1) is 52.4 Å². The average Bonchev–Trinajstić information content (AvgIpc) is 2.51. The van der Waals surface area contributed by atoms with E-state index in [2.05, 4.69) is 23.6 Å². The van der Waals surface area contributed by atoms with E-state index < -0.39 is 0 Å².